The Morgan fingerprint density at radius 1 is 1.18 bits per heavy atom. The maximum Gasteiger partial charge on any atom is 0.329 e. The van der Waals surface area contributed by atoms with Gasteiger partial charge in [-0.25, -0.2) is 9.31 Å². The molecule has 168 valence electrons. The molecule has 0 spiro atoms. The van der Waals surface area contributed by atoms with Crippen molar-refractivity contribution in [1.82, 2.24) is 24.1 Å². The molecule has 1 fully saturated rings. The van der Waals surface area contributed by atoms with Crippen molar-refractivity contribution in [2.24, 2.45) is 0 Å². The highest BCUT2D eigenvalue weighted by Crippen LogP contribution is 2.41. The molecule has 0 saturated heterocycles. The Kier molecular flexibility index (Phi) is 5.07. The van der Waals surface area contributed by atoms with Crippen molar-refractivity contribution in [3.05, 3.63) is 65.6 Å². The van der Waals surface area contributed by atoms with Crippen molar-refractivity contribution < 1.29 is 9.90 Å². The van der Waals surface area contributed by atoms with Crippen molar-refractivity contribution in [3.63, 3.8) is 0 Å². The molecule has 6 rings (SSSR count). The maximum absolute atomic E-state index is 12.9. The van der Waals surface area contributed by atoms with Gasteiger partial charge in [0.1, 0.15) is 5.03 Å². The number of nitrogens with zero attached hydrogens (tertiary/aromatic N) is 4. The molecule has 33 heavy (non-hydrogen) atoms. The molecule has 0 bridgehead atoms. The molecule has 0 unspecified atom stereocenters. The summed E-state index contributed by atoms with van der Waals surface area (Å²) >= 11 is 1.21. The molecule has 4 aromatic rings. The molecule has 8 nitrogen and oxygen atoms in total. The number of hydrogen-bond acceptors (Lipinski definition) is 5. The van der Waals surface area contributed by atoms with Gasteiger partial charge >= 0.3 is 6.03 Å². The van der Waals surface area contributed by atoms with E-state index in [0.29, 0.717) is 6.04 Å². The molecular formula is C24H24N6O2S. The number of carbonyl (C=O) groups excluding carboxylic acids is 1. The second-order valence-electron chi connectivity index (χ2n) is 8.57. The fourth-order valence-corrected chi connectivity index (χ4v) is 5.14. The summed E-state index contributed by atoms with van der Waals surface area (Å²) < 4.78 is 6.63. The van der Waals surface area contributed by atoms with Crippen LogP contribution in [0.25, 0.3) is 16.6 Å². The second-order valence-corrected chi connectivity index (χ2v) is 9.40. The molecule has 0 radical (unpaired) electrons. The molecule has 0 atom stereocenters. The second kappa shape index (κ2) is 8.24. The van der Waals surface area contributed by atoms with E-state index in [1.165, 1.54) is 30.4 Å². The summed E-state index contributed by atoms with van der Waals surface area (Å²) in [5.41, 5.74) is 6.68. The fraction of sp³-hybridized carbons (Fsp3) is 0.292. The number of pyridine rings is 1. The number of fused-ring (bicyclic) bond motifs is 2. The summed E-state index contributed by atoms with van der Waals surface area (Å²) in [4.78, 5) is 12.9. The normalized spacial score (nSPS) is 15.1. The summed E-state index contributed by atoms with van der Waals surface area (Å²) in [7, 11) is 0. The van der Waals surface area contributed by atoms with E-state index in [1.54, 1.807) is 10.7 Å². The van der Waals surface area contributed by atoms with Crippen LogP contribution in [0.15, 0.2) is 53.9 Å². The minimum absolute atomic E-state index is 0.100. The van der Waals surface area contributed by atoms with Gasteiger partial charge in [0.25, 0.3) is 0 Å². The number of amides is 2. The van der Waals surface area contributed by atoms with Crippen molar-refractivity contribution in [1.29, 1.82) is 0 Å². The molecule has 3 heterocycles. The zero-order valence-corrected chi connectivity index (χ0v) is 18.8. The highest BCUT2D eigenvalue weighted by atomic mass is 32.2. The van der Waals surface area contributed by atoms with E-state index in [2.05, 4.69) is 26.3 Å². The molecule has 1 saturated carbocycles. The lowest BCUT2D eigenvalue weighted by molar-refractivity contribution is 0.257. The van der Waals surface area contributed by atoms with Crippen LogP contribution in [0, 0.1) is 0 Å². The molecule has 2 aliphatic rings. The minimum atomic E-state index is -0.308. The summed E-state index contributed by atoms with van der Waals surface area (Å²) in [5, 5.41) is 22.8. The first-order valence-corrected chi connectivity index (χ1v) is 12.0. The third-order valence-electron chi connectivity index (χ3n) is 6.33. The lowest BCUT2D eigenvalue weighted by Gasteiger charge is -2.20. The highest BCUT2D eigenvalue weighted by Gasteiger charge is 2.25. The topological polar surface area (TPSA) is 96.5 Å². The standard InChI is InChI=1S/C24H24N6O2S/c31-14-17-12-15-2-1-3-20(15)23(22(17)16-7-10-29-19(13-16)6-9-25-29)26-24(32)28-33-21-8-11-30(27-21)18-4-5-18/h6-13,18,31H,1-5,14H2,(H2,26,28,32). The Morgan fingerprint density at radius 3 is 2.94 bits per heavy atom. The van der Waals surface area contributed by atoms with Crippen molar-refractivity contribution in [2.75, 3.05) is 5.32 Å². The summed E-state index contributed by atoms with van der Waals surface area (Å²) in [6.07, 6.45) is 10.8. The number of benzene rings is 1. The Balaban J connectivity index is 1.32. The van der Waals surface area contributed by atoms with Crippen molar-refractivity contribution >= 4 is 29.2 Å². The maximum atomic E-state index is 12.9. The SMILES string of the molecule is O=C(NSc1ccn(C2CC2)n1)Nc1c2c(cc(CO)c1-c1ccn3nccc3c1)CCC2. The molecule has 2 aliphatic carbocycles. The highest BCUT2D eigenvalue weighted by molar-refractivity contribution is 7.97. The lowest BCUT2D eigenvalue weighted by atomic mass is 9.92. The van der Waals surface area contributed by atoms with Gasteiger partial charge in [0.2, 0.25) is 0 Å². The number of aryl methyl sites for hydroxylation is 1. The Labute approximate surface area is 195 Å². The largest absolute Gasteiger partial charge is 0.392 e. The monoisotopic (exact) mass is 460 g/mol. The number of aliphatic hydroxyl groups excluding tert-OH is 1. The van der Waals surface area contributed by atoms with Crippen LogP contribution >= 0.6 is 11.9 Å². The third kappa shape index (κ3) is 3.87. The van der Waals surface area contributed by atoms with E-state index in [0.717, 1.165) is 57.7 Å². The van der Waals surface area contributed by atoms with Crippen LogP contribution in [0.5, 0.6) is 0 Å². The number of anilines is 1. The predicted octanol–water partition coefficient (Wildman–Crippen LogP) is 4.34. The van der Waals surface area contributed by atoms with Gasteiger partial charge in [-0.1, -0.05) is 6.07 Å². The van der Waals surface area contributed by atoms with E-state index < -0.39 is 0 Å². The van der Waals surface area contributed by atoms with Gasteiger partial charge in [0, 0.05) is 36.1 Å². The number of aliphatic hydroxyl groups is 1. The van der Waals surface area contributed by atoms with Gasteiger partial charge in [0.15, 0.2) is 0 Å². The number of urea groups is 1. The Hall–Kier alpha value is -3.30. The Morgan fingerprint density at radius 2 is 2.09 bits per heavy atom. The van der Waals surface area contributed by atoms with Crippen LogP contribution in [0.1, 0.15) is 42.0 Å². The smallest absolute Gasteiger partial charge is 0.329 e. The van der Waals surface area contributed by atoms with Crippen LogP contribution in [-0.4, -0.2) is 30.5 Å². The van der Waals surface area contributed by atoms with Crippen molar-refractivity contribution in [2.45, 2.75) is 49.8 Å². The average Bonchev–Trinajstić information content (AvgIpc) is 3.21. The van der Waals surface area contributed by atoms with Gasteiger partial charge in [-0.05, 0) is 78.6 Å². The van der Waals surface area contributed by atoms with Crippen LogP contribution in [0.3, 0.4) is 0 Å². The van der Waals surface area contributed by atoms with Gasteiger partial charge < -0.3 is 10.4 Å². The number of carbonyl (C=O) groups is 1. The van der Waals surface area contributed by atoms with Crippen LogP contribution in [-0.2, 0) is 19.4 Å². The van der Waals surface area contributed by atoms with E-state index in [1.807, 2.05) is 41.3 Å². The molecule has 1 aromatic carbocycles. The van der Waals surface area contributed by atoms with Gasteiger partial charge in [-0.3, -0.25) is 9.40 Å². The first-order chi connectivity index (χ1) is 16.2. The molecular weight excluding hydrogens is 436 g/mol. The lowest BCUT2D eigenvalue weighted by Crippen LogP contribution is -2.24. The zero-order valence-electron chi connectivity index (χ0n) is 18.0. The molecule has 0 aliphatic heterocycles. The van der Waals surface area contributed by atoms with Crippen LogP contribution in [0.4, 0.5) is 10.5 Å². The Bertz CT molecular complexity index is 1360. The summed E-state index contributed by atoms with van der Waals surface area (Å²) in [6, 6.07) is 10.1. The van der Waals surface area contributed by atoms with E-state index >= 15 is 0 Å². The molecule has 3 aromatic heterocycles. The van der Waals surface area contributed by atoms with E-state index in [-0.39, 0.29) is 12.6 Å². The predicted molar refractivity (Wildman–Crippen MR) is 127 cm³/mol. The molecule has 9 heteroatoms. The van der Waals surface area contributed by atoms with E-state index in [9.17, 15) is 9.90 Å². The van der Waals surface area contributed by atoms with Gasteiger partial charge in [0.05, 0.1) is 23.9 Å². The number of nitrogens with one attached hydrogen (secondary N) is 2. The van der Waals surface area contributed by atoms with E-state index in [4.69, 9.17) is 0 Å². The number of rotatable bonds is 6. The summed E-state index contributed by atoms with van der Waals surface area (Å²) in [5.74, 6) is 0. The quantitative estimate of drug-likeness (QED) is 0.372. The van der Waals surface area contributed by atoms with Crippen molar-refractivity contribution in [3.8, 4) is 11.1 Å². The first-order valence-electron chi connectivity index (χ1n) is 11.2. The number of aromatic nitrogens is 4. The third-order valence-corrected chi connectivity index (χ3v) is 7.05. The minimum Gasteiger partial charge on any atom is -0.392 e. The zero-order chi connectivity index (χ0) is 22.4. The van der Waals surface area contributed by atoms with Crippen LogP contribution in [0.2, 0.25) is 0 Å². The molecule has 2 amide bonds. The summed E-state index contributed by atoms with van der Waals surface area (Å²) in [6.45, 7) is -0.100. The van der Waals surface area contributed by atoms with Crippen LogP contribution < -0.4 is 10.0 Å². The first kappa shape index (κ1) is 20.3. The van der Waals surface area contributed by atoms with Gasteiger partial charge in [-0.15, -0.1) is 0 Å². The fourth-order valence-electron chi connectivity index (χ4n) is 4.63. The van der Waals surface area contributed by atoms with Gasteiger partial charge in [-0.2, -0.15) is 10.2 Å². The molecule has 3 N–H and O–H groups in total. The average molecular weight is 461 g/mol. The number of hydrogen-bond donors (Lipinski definition) is 3.